The molecule has 0 aliphatic rings. The van der Waals surface area contributed by atoms with Crippen LogP contribution in [0.4, 0.5) is 0 Å². The second-order valence-corrected chi connectivity index (χ2v) is 8.23. The van der Waals surface area contributed by atoms with Crippen molar-refractivity contribution in [3.05, 3.63) is 0 Å². The van der Waals surface area contributed by atoms with Crippen molar-refractivity contribution >= 4 is 0 Å². The molecule has 0 aromatic rings. The second kappa shape index (κ2) is 23.5. The van der Waals surface area contributed by atoms with Crippen molar-refractivity contribution in [3.8, 4) is 0 Å². The number of hydrogen-bond acceptors (Lipinski definition) is 14. The highest BCUT2D eigenvalue weighted by molar-refractivity contribution is 4.64. The molecule has 0 saturated heterocycles. The molecule has 0 aliphatic heterocycles. The van der Waals surface area contributed by atoms with Crippen molar-refractivity contribution in [1.29, 1.82) is 0 Å². The summed E-state index contributed by atoms with van der Waals surface area (Å²) in [4.78, 5) is 0. The molecule has 0 amide bonds. The quantitative estimate of drug-likeness (QED) is 0.0531. The Labute approximate surface area is 211 Å². The van der Waals surface area contributed by atoms with Crippen LogP contribution in [0.1, 0.15) is 13.3 Å². The van der Waals surface area contributed by atoms with Gasteiger partial charge in [0.15, 0.2) is 0 Å². The zero-order valence-electron chi connectivity index (χ0n) is 21.0. The summed E-state index contributed by atoms with van der Waals surface area (Å²) in [7, 11) is 0. The first-order valence-electron chi connectivity index (χ1n) is 12.0. The summed E-state index contributed by atoms with van der Waals surface area (Å²) in [5.74, 6) is 0. The van der Waals surface area contributed by atoms with E-state index >= 15 is 0 Å². The Morgan fingerprint density at radius 3 is 1.08 bits per heavy atom. The summed E-state index contributed by atoms with van der Waals surface area (Å²) in [6, 6.07) is 0. The monoisotopic (exact) mass is 534 g/mol. The Morgan fingerprint density at radius 1 is 0.417 bits per heavy atom. The largest absolute Gasteiger partial charge is 0.394 e. The Balaban J connectivity index is 4.72. The normalized spacial score (nSPS) is 17.9. The lowest BCUT2D eigenvalue weighted by molar-refractivity contribution is -0.128. The van der Waals surface area contributed by atoms with Gasteiger partial charge in [0, 0.05) is 0 Å². The van der Waals surface area contributed by atoms with Crippen LogP contribution >= 0.6 is 0 Å². The van der Waals surface area contributed by atoms with Crippen LogP contribution in [0.3, 0.4) is 0 Å². The van der Waals surface area contributed by atoms with Crippen LogP contribution in [0.25, 0.3) is 0 Å². The molecule has 0 saturated carbocycles. The van der Waals surface area contributed by atoms with E-state index in [0.29, 0.717) is 6.42 Å². The van der Waals surface area contributed by atoms with Crippen LogP contribution in [0, 0.1) is 0 Å². The fraction of sp³-hybridized carbons (Fsp3) is 1.00. The Kier molecular flexibility index (Phi) is 23.2. The molecule has 7 unspecified atom stereocenters. The van der Waals surface area contributed by atoms with Crippen molar-refractivity contribution in [1.82, 2.24) is 0 Å². The molecule has 0 fully saturated rings. The highest BCUT2D eigenvalue weighted by atomic mass is 16.6. The molecule has 0 spiro atoms. The molecular weight excluding hydrogens is 488 g/mol. The van der Waals surface area contributed by atoms with Gasteiger partial charge in [0.2, 0.25) is 0 Å². The molecule has 0 aromatic heterocycles. The van der Waals surface area contributed by atoms with E-state index in [9.17, 15) is 25.5 Å². The minimum atomic E-state index is -1.10. The van der Waals surface area contributed by atoms with E-state index in [2.05, 4.69) is 0 Å². The minimum absolute atomic E-state index is 0.00791. The molecule has 7 atom stereocenters. The third-order valence-corrected chi connectivity index (χ3v) is 4.71. The number of aliphatic hydroxyl groups excluding tert-OH is 8. The van der Waals surface area contributed by atoms with Gasteiger partial charge in [-0.15, -0.1) is 0 Å². The van der Waals surface area contributed by atoms with Gasteiger partial charge in [0.1, 0.15) is 36.6 Å². The molecule has 14 nitrogen and oxygen atoms in total. The Bertz CT molecular complexity index is 474. The first-order valence-corrected chi connectivity index (χ1v) is 12.0. The molecule has 0 aliphatic carbocycles. The molecule has 0 heterocycles. The van der Waals surface area contributed by atoms with E-state index in [0.717, 1.165) is 0 Å². The van der Waals surface area contributed by atoms with Crippen LogP contribution in [0.5, 0.6) is 0 Å². The van der Waals surface area contributed by atoms with Gasteiger partial charge in [-0.2, -0.15) is 0 Å². The Hall–Kier alpha value is -0.560. The van der Waals surface area contributed by atoms with Gasteiger partial charge in [0.05, 0.1) is 92.0 Å². The number of rotatable bonds is 26. The summed E-state index contributed by atoms with van der Waals surface area (Å²) < 4.78 is 32.9. The van der Waals surface area contributed by atoms with Crippen molar-refractivity contribution in [2.45, 2.75) is 56.1 Å². The summed E-state index contributed by atoms with van der Waals surface area (Å²) in [6.45, 7) is -0.417. The predicted octanol–water partition coefficient (Wildman–Crippen LogP) is -3.99. The fourth-order valence-electron chi connectivity index (χ4n) is 2.46. The van der Waals surface area contributed by atoms with Crippen molar-refractivity contribution in [2.75, 3.05) is 85.9 Å². The average molecular weight is 535 g/mol. The van der Waals surface area contributed by atoms with Gasteiger partial charge < -0.3 is 69.3 Å². The molecule has 218 valence electrons. The van der Waals surface area contributed by atoms with Crippen LogP contribution in [0.15, 0.2) is 0 Å². The van der Waals surface area contributed by atoms with E-state index in [-0.39, 0.29) is 66.1 Å². The zero-order chi connectivity index (χ0) is 27.2. The molecule has 0 radical (unpaired) electrons. The van der Waals surface area contributed by atoms with Gasteiger partial charge in [-0.25, -0.2) is 0 Å². The predicted molar refractivity (Wildman–Crippen MR) is 124 cm³/mol. The van der Waals surface area contributed by atoms with Gasteiger partial charge in [-0.05, 0) is 6.42 Å². The van der Waals surface area contributed by atoms with Crippen molar-refractivity contribution in [2.24, 2.45) is 0 Å². The first kappa shape index (κ1) is 35.4. The van der Waals surface area contributed by atoms with Crippen LogP contribution in [-0.4, -0.2) is 169 Å². The van der Waals surface area contributed by atoms with E-state index in [1.54, 1.807) is 0 Å². The van der Waals surface area contributed by atoms with E-state index in [1.165, 1.54) is 0 Å². The number of hydrogen-bond donors (Lipinski definition) is 8. The third-order valence-electron chi connectivity index (χ3n) is 4.71. The summed E-state index contributed by atoms with van der Waals surface area (Å²) >= 11 is 0. The molecular formula is C22H46O14. The highest BCUT2D eigenvalue weighted by Crippen LogP contribution is 2.04. The topological polar surface area (TPSA) is 217 Å². The lowest BCUT2D eigenvalue weighted by Crippen LogP contribution is -2.36. The van der Waals surface area contributed by atoms with Crippen LogP contribution < -0.4 is 0 Å². The maximum absolute atomic E-state index is 9.63. The smallest absolute Gasteiger partial charge is 0.104 e. The standard InChI is InChI=1S/C22H46O14/c1-2-16(27)7-31-12-21(35-9-18(29)4-24)14-33-15-22(36-10-19(30)5-25)13-32-11-20(6-26)34-8-17(28)3-23/h16-30H,2-15H2,1H3. The fourth-order valence-corrected chi connectivity index (χ4v) is 2.46. The number of ether oxygens (including phenoxy) is 6. The first-order chi connectivity index (χ1) is 17.3. The SMILES string of the molecule is CCC(O)COCC(COCC(COCC(CO)OCC(O)CO)OCC(O)CO)OCC(O)CO. The molecule has 14 heteroatoms. The van der Waals surface area contributed by atoms with Gasteiger partial charge in [-0.3, -0.25) is 0 Å². The maximum atomic E-state index is 9.63. The zero-order valence-corrected chi connectivity index (χ0v) is 21.0. The summed E-state index contributed by atoms with van der Waals surface area (Å²) in [6.07, 6.45) is -5.40. The van der Waals surface area contributed by atoms with Gasteiger partial charge >= 0.3 is 0 Å². The second-order valence-electron chi connectivity index (χ2n) is 8.23. The van der Waals surface area contributed by atoms with Crippen LogP contribution in [0.2, 0.25) is 0 Å². The van der Waals surface area contributed by atoms with E-state index in [1.807, 2.05) is 6.92 Å². The maximum Gasteiger partial charge on any atom is 0.104 e. The molecule has 8 N–H and O–H groups in total. The van der Waals surface area contributed by atoms with Crippen LogP contribution in [-0.2, 0) is 28.4 Å². The van der Waals surface area contributed by atoms with Crippen molar-refractivity contribution < 1.29 is 69.3 Å². The van der Waals surface area contributed by atoms with Crippen molar-refractivity contribution in [3.63, 3.8) is 0 Å². The van der Waals surface area contributed by atoms with E-state index in [4.69, 9.17) is 43.7 Å². The summed E-state index contributed by atoms with van der Waals surface area (Å²) in [5.41, 5.74) is 0. The third kappa shape index (κ3) is 19.5. The average Bonchev–Trinajstić information content (AvgIpc) is 2.90. The Morgan fingerprint density at radius 2 is 0.750 bits per heavy atom. The highest BCUT2D eigenvalue weighted by Gasteiger charge is 2.19. The van der Waals surface area contributed by atoms with Gasteiger partial charge in [-0.1, -0.05) is 6.92 Å². The molecule has 0 bridgehead atoms. The van der Waals surface area contributed by atoms with Gasteiger partial charge in [0.25, 0.3) is 0 Å². The lowest BCUT2D eigenvalue weighted by Gasteiger charge is -2.24. The lowest BCUT2D eigenvalue weighted by atomic mass is 10.3. The minimum Gasteiger partial charge on any atom is -0.394 e. The van der Waals surface area contributed by atoms with E-state index < -0.39 is 62.5 Å². The molecule has 36 heavy (non-hydrogen) atoms. The number of aliphatic hydroxyl groups is 8. The molecule has 0 aromatic carbocycles. The molecule has 0 rings (SSSR count). The summed E-state index contributed by atoms with van der Waals surface area (Å²) in [5, 5.41) is 74.2.